The standard InChI is InChI=1S/C15H12O5/c16-8-1-3-10-12(5-8)19-7-15(18)11-4-2-9(17)6-13(11)20-14(10)15/h1-6,14,16-18H,7H2/t14?,15-/m1/s1. The molecule has 0 fully saturated rings. The molecule has 0 radical (unpaired) electrons. The van der Waals surface area contributed by atoms with E-state index in [0.717, 1.165) is 0 Å². The van der Waals surface area contributed by atoms with Crippen molar-refractivity contribution in [1.82, 2.24) is 0 Å². The predicted octanol–water partition coefficient (Wildman–Crippen LogP) is 1.81. The van der Waals surface area contributed by atoms with E-state index in [2.05, 4.69) is 0 Å². The third kappa shape index (κ3) is 1.35. The minimum atomic E-state index is -1.28. The van der Waals surface area contributed by atoms with Crippen molar-refractivity contribution in [2.75, 3.05) is 6.61 Å². The molecular formula is C15H12O5. The Bertz CT molecular complexity index is 711. The molecule has 0 aromatic heterocycles. The number of phenols is 2. The SMILES string of the molecule is Oc1ccc2c(c1)OC[C@@]1(O)c3ccc(O)cc3OC21. The summed E-state index contributed by atoms with van der Waals surface area (Å²) >= 11 is 0. The van der Waals surface area contributed by atoms with Crippen molar-refractivity contribution in [3.63, 3.8) is 0 Å². The quantitative estimate of drug-likeness (QED) is 0.681. The summed E-state index contributed by atoms with van der Waals surface area (Å²) in [4.78, 5) is 0. The van der Waals surface area contributed by atoms with Gasteiger partial charge in [0.05, 0.1) is 0 Å². The number of aliphatic hydroxyl groups is 1. The summed E-state index contributed by atoms with van der Waals surface area (Å²) in [7, 11) is 0. The lowest BCUT2D eigenvalue weighted by atomic mass is 9.85. The molecule has 1 unspecified atom stereocenters. The van der Waals surface area contributed by atoms with Crippen LogP contribution in [0.1, 0.15) is 17.2 Å². The van der Waals surface area contributed by atoms with Gasteiger partial charge in [-0.25, -0.2) is 0 Å². The average Bonchev–Trinajstić information content (AvgIpc) is 2.71. The number of hydrogen-bond acceptors (Lipinski definition) is 5. The van der Waals surface area contributed by atoms with Crippen LogP contribution >= 0.6 is 0 Å². The Morgan fingerprint density at radius 2 is 1.70 bits per heavy atom. The van der Waals surface area contributed by atoms with Gasteiger partial charge in [0.25, 0.3) is 0 Å². The van der Waals surface area contributed by atoms with Crippen LogP contribution in [-0.2, 0) is 5.60 Å². The van der Waals surface area contributed by atoms with Gasteiger partial charge in [-0.05, 0) is 24.3 Å². The van der Waals surface area contributed by atoms with Gasteiger partial charge in [-0.3, -0.25) is 0 Å². The fraction of sp³-hybridized carbons (Fsp3) is 0.200. The number of ether oxygens (including phenoxy) is 2. The van der Waals surface area contributed by atoms with Gasteiger partial charge < -0.3 is 24.8 Å². The minimum absolute atomic E-state index is 0.0336. The minimum Gasteiger partial charge on any atom is -0.508 e. The third-order valence-corrected chi connectivity index (χ3v) is 3.84. The zero-order chi connectivity index (χ0) is 13.9. The molecule has 2 aliphatic heterocycles. The van der Waals surface area contributed by atoms with Gasteiger partial charge in [0.15, 0.2) is 11.7 Å². The molecule has 0 amide bonds. The van der Waals surface area contributed by atoms with Crippen LogP contribution in [0.25, 0.3) is 0 Å². The van der Waals surface area contributed by atoms with Crippen molar-refractivity contribution in [3.8, 4) is 23.0 Å². The fourth-order valence-electron chi connectivity index (χ4n) is 2.86. The highest BCUT2D eigenvalue weighted by molar-refractivity contribution is 5.53. The van der Waals surface area contributed by atoms with Gasteiger partial charge in [-0.1, -0.05) is 0 Å². The second kappa shape index (κ2) is 3.58. The molecule has 0 spiro atoms. The Balaban J connectivity index is 1.88. The summed E-state index contributed by atoms with van der Waals surface area (Å²) in [5.74, 6) is 1.12. The second-order valence-corrected chi connectivity index (χ2v) is 5.11. The van der Waals surface area contributed by atoms with E-state index in [1.807, 2.05) is 0 Å². The summed E-state index contributed by atoms with van der Waals surface area (Å²) in [5, 5.41) is 29.9. The molecule has 2 aromatic rings. The summed E-state index contributed by atoms with van der Waals surface area (Å²) in [6.45, 7) is 0.0336. The monoisotopic (exact) mass is 272 g/mol. The lowest BCUT2D eigenvalue weighted by Gasteiger charge is -2.34. The topological polar surface area (TPSA) is 79.2 Å². The van der Waals surface area contributed by atoms with E-state index in [9.17, 15) is 15.3 Å². The Morgan fingerprint density at radius 1 is 1.00 bits per heavy atom. The highest BCUT2D eigenvalue weighted by atomic mass is 16.5. The van der Waals surface area contributed by atoms with E-state index in [4.69, 9.17) is 9.47 Å². The first kappa shape index (κ1) is 11.4. The number of aromatic hydroxyl groups is 2. The van der Waals surface area contributed by atoms with Crippen molar-refractivity contribution in [1.29, 1.82) is 0 Å². The molecule has 2 atom stereocenters. The van der Waals surface area contributed by atoms with E-state index < -0.39 is 11.7 Å². The summed E-state index contributed by atoms with van der Waals surface area (Å²) in [5.41, 5.74) is -0.0150. The van der Waals surface area contributed by atoms with Crippen molar-refractivity contribution in [2.24, 2.45) is 0 Å². The Morgan fingerprint density at radius 3 is 2.50 bits per heavy atom. The number of fused-ring (bicyclic) bond motifs is 5. The van der Waals surface area contributed by atoms with E-state index in [-0.39, 0.29) is 18.1 Å². The van der Waals surface area contributed by atoms with Gasteiger partial charge in [0.2, 0.25) is 0 Å². The third-order valence-electron chi connectivity index (χ3n) is 3.84. The molecule has 5 heteroatoms. The van der Waals surface area contributed by atoms with Crippen LogP contribution in [0.5, 0.6) is 23.0 Å². The van der Waals surface area contributed by atoms with Crippen LogP contribution in [0, 0.1) is 0 Å². The molecule has 2 heterocycles. The normalized spacial score (nSPS) is 25.9. The van der Waals surface area contributed by atoms with Crippen LogP contribution in [0.4, 0.5) is 0 Å². The van der Waals surface area contributed by atoms with Crippen molar-refractivity contribution >= 4 is 0 Å². The van der Waals surface area contributed by atoms with E-state index in [1.54, 1.807) is 12.1 Å². The maximum atomic E-state index is 10.9. The molecule has 0 bridgehead atoms. The first-order valence-electron chi connectivity index (χ1n) is 6.26. The van der Waals surface area contributed by atoms with Crippen LogP contribution in [-0.4, -0.2) is 21.9 Å². The molecule has 3 N–H and O–H groups in total. The molecule has 0 saturated carbocycles. The highest BCUT2D eigenvalue weighted by Gasteiger charge is 2.52. The van der Waals surface area contributed by atoms with Crippen molar-refractivity contribution in [2.45, 2.75) is 11.7 Å². The molecule has 5 nitrogen and oxygen atoms in total. The van der Waals surface area contributed by atoms with E-state index >= 15 is 0 Å². The molecule has 0 aliphatic carbocycles. The maximum Gasteiger partial charge on any atom is 0.168 e. The maximum absolute atomic E-state index is 10.9. The first-order chi connectivity index (χ1) is 9.58. The van der Waals surface area contributed by atoms with Crippen molar-refractivity contribution in [3.05, 3.63) is 47.5 Å². The molecule has 4 rings (SSSR count). The van der Waals surface area contributed by atoms with Gasteiger partial charge in [0.1, 0.15) is 29.6 Å². The molecule has 2 aliphatic rings. The Hall–Kier alpha value is -2.40. The fourth-order valence-corrected chi connectivity index (χ4v) is 2.86. The Kier molecular flexibility index (Phi) is 2.04. The summed E-state index contributed by atoms with van der Waals surface area (Å²) < 4.78 is 11.3. The van der Waals surface area contributed by atoms with Gasteiger partial charge in [-0.2, -0.15) is 0 Å². The van der Waals surface area contributed by atoms with Crippen LogP contribution in [0.3, 0.4) is 0 Å². The lowest BCUT2D eigenvalue weighted by Crippen LogP contribution is -2.41. The molecule has 0 saturated heterocycles. The number of hydrogen-bond donors (Lipinski definition) is 3. The highest BCUT2D eigenvalue weighted by Crippen LogP contribution is 2.54. The molecule has 102 valence electrons. The van der Waals surface area contributed by atoms with Crippen LogP contribution < -0.4 is 9.47 Å². The number of rotatable bonds is 0. The smallest absolute Gasteiger partial charge is 0.168 e. The summed E-state index contributed by atoms with van der Waals surface area (Å²) in [6.07, 6.45) is -0.608. The van der Waals surface area contributed by atoms with Crippen LogP contribution in [0.15, 0.2) is 36.4 Å². The molecule has 2 aromatic carbocycles. The molecular weight excluding hydrogens is 260 g/mol. The number of benzene rings is 2. The Labute approximate surface area is 114 Å². The van der Waals surface area contributed by atoms with Crippen molar-refractivity contribution < 1.29 is 24.8 Å². The van der Waals surface area contributed by atoms with E-state index in [0.29, 0.717) is 22.6 Å². The number of phenolic OH excluding ortho intramolecular Hbond substituents is 2. The zero-order valence-corrected chi connectivity index (χ0v) is 10.4. The van der Waals surface area contributed by atoms with E-state index in [1.165, 1.54) is 24.3 Å². The molecule has 20 heavy (non-hydrogen) atoms. The first-order valence-corrected chi connectivity index (χ1v) is 6.26. The largest absolute Gasteiger partial charge is 0.508 e. The van der Waals surface area contributed by atoms with Crippen LogP contribution in [0.2, 0.25) is 0 Å². The predicted molar refractivity (Wildman–Crippen MR) is 69.0 cm³/mol. The van der Waals surface area contributed by atoms with Gasteiger partial charge >= 0.3 is 0 Å². The average molecular weight is 272 g/mol. The lowest BCUT2D eigenvalue weighted by molar-refractivity contribution is -0.0864. The second-order valence-electron chi connectivity index (χ2n) is 5.11. The summed E-state index contributed by atoms with van der Waals surface area (Å²) in [6, 6.07) is 9.32. The van der Waals surface area contributed by atoms with Gasteiger partial charge in [0, 0.05) is 23.3 Å². The zero-order valence-electron chi connectivity index (χ0n) is 10.4. The van der Waals surface area contributed by atoms with Gasteiger partial charge in [-0.15, -0.1) is 0 Å².